The van der Waals surface area contributed by atoms with Gasteiger partial charge in [0.05, 0.1) is 11.3 Å². The Balaban J connectivity index is 2.65. The van der Waals surface area contributed by atoms with E-state index in [4.69, 9.17) is 0 Å². The van der Waals surface area contributed by atoms with Crippen LogP contribution in [0.5, 0.6) is 0 Å². The Morgan fingerprint density at radius 3 is 2.32 bits per heavy atom. The fourth-order valence-electron chi connectivity index (χ4n) is 1.92. The zero-order chi connectivity index (χ0) is 14.2. The monoisotopic (exact) mass is 267 g/mol. The third-order valence-corrected chi connectivity index (χ3v) is 2.85. The van der Waals surface area contributed by atoms with E-state index in [1.54, 1.807) is 19.1 Å². The predicted molar refractivity (Wildman–Crippen MR) is 66.5 cm³/mol. The maximum atomic E-state index is 12.7. The number of aromatic nitrogens is 1. The molecule has 2 aromatic rings. The molecule has 0 aliphatic rings. The van der Waals surface area contributed by atoms with Crippen LogP contribution in [0.1, 0.15) is 16.7 Å². The van der Waals surface area contributed by atoms with Crippen molar-refractivity contribution in [1.29, 1.82) is 0 Å². The molecule has 2 nitrogen and oxygen atoms in total. The van der Waals surface area contributed by atoms with E-state index in [9.17, 15) is 18.0 Å². The largest absolute Gasteiger partial charge is 0.417 e. The Morgan fingerprint density at radius 2 is 1.74 bits per heavy atom. The molecule has 0 N–H and O–H groups in total. The van der Waals surface area contributed by atoms with Crippen molar-refractivity contribution in [2.75, 3.05) is 0 Å². The second-order valence-corrected chi connectivity index (χ2v) is 4.41. The molecule has 5 heteroatoms. The normalized spacial score (nSPS) is 11.6. The lowest BCUT2D eigenvalue weighted by atomic mass is 10.1. The number of benzene rings is 1. The van der Waals surface area contributed by atoms with Crippen molar-refractivity contribution in [1.82, 2.24) is 4.57 Å². The van der Waals surface area contributed by atoms with Gasteiger partial charge in [0.15, 0.2) is 0 Å². The SMILES string of the molecule is Cc1ccc(-n2cc(C(F)(F)F)ccc2=O)c(C)c1. The van der Waals surface area contributed by atoms with Gasteiger partial charge in [0.2, 0.25) is 0 Å². The number of hydrogen-bond donors (Lipinski definition) is 0. The van der Waals surface area contributed by atoms with Gasteiger partial charge in [0.1, 0.15) is 0 Å². The van der Waals surface area contributed by atoms with E-state index >= 15 is 0 Å². The molecule has 0 unspecified atom stereocenters. The highest BCUT2D eigenvalue weighted by Crippen LogP contribution is 2.28. The molecule has 0 amide bonds. The van der Waals surface area contributed by atoms with E-state index in [1.165, 1.54) is 0 Å². The first-order valence-corrected chi connectivity index (χ1v) is 5.66. The van der Waals surface area contributed by atoms with Crippen LogP contribution in [-0.4, -0.2) is 4.57 Å². The molecule has 0 radical (unpaired) electrons. The molecular weight excluding hydrogens is 255 g/mol. The van der Waals surface area contributed by atoms with Gasteiger partial charge in [0.25, 0.3) is 5.56 Å². The minimum Gasteiger partial charge on any atom is -0.283 e. The maximum Gasteiger partial charge on any atom is 0.417 e. The molecule has 0 saturated heterocycles. The molecule has 0 bridgehead atoms. The first kappa shape index (κ1) is 13.4. The predicted octanol–water partition coefficient (Wildman–Crippen LogP) is 3.47. The van der Waals surface area contributed by atoms with Gasteiger partial charge in [-0.05, 0) is 31.5 Å². The van der Waals surface area contributed by atoms with Crippen LogP contribution in [0.2, 0.25) is 0 Å². The van der Waals surface area contributed by atoms with Gasteiger partial charge in [-0.15, -0.1) is 0 Å². The van der Waals surface area contributed by atoms with Crippen LogP contribution in [0, 0.1) is 13.8 Å². The molecular formula is C14H12F3NO. The van der Waals surface area contributed by atoms with E-state index in [0.717, 1.165) is 34.0 Å². The Hall–Kier alpha value is -2.04. The summed E-state index contributed by atoms with van der Waals surface area (Å²) in [6.07, 6.45) is -3.63. The number of halogens is 3. The molecule has 1 heterocycles. The second kappa shape index (κ2) is 4.57. The van der Waals surface area contributed by atoms with Crippen molar-refractivity contribution in [2.45, 2.75) is 20.0 Å². The van der Waals surface area contributed by atoms with Gasteiger partial charge in [-0.1, -0.05) is 17.7 Å². The molecule has 0 saturated carbocycles. The summed E-state index contributed by atoms with van der Waals surface area (Å²) in [5.41, 5.74) is 0.872. The zero-order valence-electron chi connectivity index (χ0n) is 10.5. The van der Waals surface area contributed by atoms with Gasteiger partial charge >= 0.3 is 6.18 Å². The van der Waals surface area contributed by atoms with Crippen molar-refractivity contribution >= 4 is 0 Å². The van der Waals surface area contributed by atoms with Crippen molar-refractivity contribution in [3.63, 3.8) is 0 Å². The molecule has 0 aliphatic carbocycles. The number of aryl methyl sites for hydroxylation is 2. The van der Waals surface area contributed by atoms with E-state index in [-0.39, 0.29) is 0 Å². The van der Waals surface area contributed by atoms with Crippen molar-refractivity contribution in [2.24, 2.45) is 0 Å². The molecule has 2 rings (SSSR count). The lowest BCUT2D eigenvalue weighted by molar-refractivity contribution is -0.138. The second-order valence-electron chi connectivity index (χ2n) is 4.41. The van der Waals surface area contributed by atoms with E-state index < -0.39 is 17.3 Å². The smallest absolute Gasteiger partial charge is 0.283 e. The summed E-state index contributed by atoms with van der Waals surface area (Å²) in [7, 11) is 0. The molecule has 1 aromatic carbocycles. The highest BCUT2D eigenvalue weighted by atomic mass is 19.4. The molecule has 100 valence electrons. The average molecular weight is 267 g/mol. The van der Waals surface area contributed by atoms with Crippen molar-refractivity contribution in [3.05, 3.63) is 63.6 Å². The third kappa shape index (κ3) is 2.70. The molecule has 19 heavy (non-hydrogen) atoms. The van der Waals surface area contributed by atoms with Gasteiger partial charge in [-0.3, -0.25) is 9.36 Å². The van der Waals surface area contributed by atoms with Crippen LogP contribution < -0.4 is 5.56 Å². The number of rotatable bonds is 1. The highest BCUT2D eigenvalue weighted by molar-refractivity contribution is 5.43. The first-order chi connectivity index (χ1) is 8.79. The lowest BCUT2D eigenvalue weighted by Crippen LogP contribution is -2.20. The van der Waals surface area contributed by atoms with Crippen LogP contribution in [0.4, 0.5) is 13.2 Å². The Bertz CT molecular complexity index is 671. The van der Waals surface area contributed by atoms with Gasteiger partial charge < -0.3 is 0 Å². The summed E-state index contributed by atoms with van der Waals surface area (Å²) in [5, 5.41) is 0. The Kier molecular flexibility index (Phi) is 3.22. The minimum atomic E-state index is -4.46. The zero-order valence-corrected chi connectivity index (χ0v) is 10.5. The summed E-state index contributed by atoms with van der Waals surface area (Å²) in [6.45, 7) is 3.64. The summed E-state index contributed by atoms with van der Waals surface area (Å²) in [5.74, 6) is 0. The van der Waals surface area contributed by atoms with E-state index in [1.807, 2.05) is 13.0 Å². The van der Waals surface area contributed by atoms with Crippen LogP contribution in [0.15, 0.2) is 41.3 Å². The van der Waals surface area contributed by atoms with Gasteiger partial charge in [-0.25, -0.2) is 0 Å². The molecule has 0 spiro atoms. The molecule has 0 aliphatic heterocycles. The quantitative estimate of drug-likeness (QED) is 0.775. The van der Waals surface area contributed by atoms with Gasteiger partial charge in [0, 0.05) is 12.3 Å². The summed E-state index contributed by atoms with van der Waals surface area (Å²) in [4.78, 5) is 11.7. The minimum absolute atomic E-state index is 0.460. The number of hydrogen-bond acceptors (Lipinski definition) is 1. The van der Waals surface area contributed by atoms with E-state index in [2.05, 4.69) is 0 Å². The standard InChI is InChI=1S/C14H12F3NO/c1-9-3-5-12(10(2)7-9)18-8-11(14(15,16)17)4-6-13(18)19/h3-8H,1-2H3. The number of nitrogens with zero attached hydrogens (tertiary/aromatic N) is 1. The molecule has 0 atom stereocenters. The van der Waals surface area contributed by atoms with E-state index in [0.29, 0.717) is 5.69 Å². The van der Waals surface area contributed by atoms with Crippen molar-refractivity contribution < 1.29 is 13.2 Å². The highest BCUT2D eigenvalue weighted by Gasteiger charge is 2.31. The fourth-order valence-corrected chi connectivity index (χ4v) is 1.92. The van der Waals surface area contributed by atoms with Crippen LogP contribution in [0.3, 0.4) is 0 Å². The summed E-state index contributed by atoms with van der Waals surface area (Å²) in [6, 6.07) is 6.95. The topological polar surface area (TPSA) is 22.0 Å². The van der Waals surface area contributed by atoms with Gasteiger partial charge in [-0.2, -0.15) is 13.2 Å². The Labute approximate surface area is 108 Å². The molecule has 1 aromatic heterocycles. The van der Waals surface area contributed by atoms with Crippen LogP contribution >= 0.6 is 0 Å². The Morgan fingerprint density at radius 1 is 1.05 bits per heavy atom. The molecule has 0 fully saturated rings. The fraction of sp³-hybridized carbons (Fsp3) is 0.214. The number of alkyl halides is 3. The third-order valence-electron chi connectivity index (χ3n) is 2.85. The summed E-state index contributed by atoms with van der Waals surface area (Å²) >= 11 is 0. The maximum absolute atomic E-state index is 12.7. The van der Waals surface area contributed by atoms with Crippen LogP contribution in [0.25, 0.3) is 5.69 Å². The van der Waals surface area contributed by atoms with Crippen molar-refractivity contribution in [3.8, 4) is 5.69 Å². The first-order valence-electron chi connectivity index (χ1n) is 5.66. The average Bonchev–Trinajstić information content (AvgIpc) is 2.29. The number of pyridine rings is 1. The van der Waals surface area contributed by atoms with Crippen LogP contribution in [-0.2, 0) is 6.18 Å². The lowest BCUT2D eigenvalue weighted by Gasteiger charge is -2.13. The summed E-state index contributed by atoms with van der Waals surface area (Å²) < 4.78 is 39.0.